The van der Waals surface area contributed by atoms with Crippen molar-refractivity contribution in [2.75, 3.05) is 45.3 Å². The highest BCUT2D eigenvalue weighted by molar-refractivity contribution is 5.94. The number of amides is 2. The first-order chi connectivity index (χ1) is 13.0. The van der Waals surface area contributed by atoms with Crippen LogP contribution in [0.5, 0.6) is 0 Å². The largest absolute Gasteiger partial charge is 0.383 e. The van der Waals surface area contributed by atoms with Gasteiger partial charge in [-0.25, -0.2) is 9.97 Å². The van der Waals surface area contributed by atoms with Gasteiger partial charge in [-0.3, -0.25) is 19.4 Å². The number of aromatic nitrogens is 2. The Bertz CT molecular complexity index is 709. The van der Waals surface area contributed by atoms with Crippen molar-refractivity contribution in [3.05, 3.63) is 17.1 Å². The predicted molar refractivity (Wildman–Crippen MR) is 102 cm³/mol. The van der Waals surface area contributed by atoms with E-state index in [-0.39, 0.29) is 17.9 Å². The molecule has 1 saturated heterocycles. The van der Waals surface area contributed by atoms with E-state index < -0.39 is 0 Å². The monoisotopic (exact) mass is 375 g/mol. The molecule has 8 heteroatoms. The fourth-order valence-electron chi connectivity index (χ4n) is 3.84. The van der Waals surface area contributed by atoms with Crippen LogP contribution >= 0.6 is 0 Å². The molecule has 2 amide bonds. The maximum atomic E-state index is 12.3. The van der Waals surface area contributed by atoms with Gasteiger partial charge in [0, 0.05) is 38.4 Å². The van der Waals surface area contributed by atoms with E-state index in [1.807, 2.05) is 6.92 Å². The second-order valence-corrected chi connectivity index (χ2v) is 7.25. The average molecular weight is 375 g/mol. The lowest BCUT2D eigenvalue weighted by Crippen LogP contribution is -2.43. The first-order valence-electron chi connectivity index (χ1n) is 9.65. The minimum absolute atomic E-state index is 0.00125. The molecule has 0 bridgehead atoms. The molecule has 1 atom stereocenters. The van der Waals surface area contributed by atoms with Crippen LogP contribution in [0.2, 0.25) is 0 Å². The minimum atomic E-state index is -0.0130. The molecule has 2 aliphatic rings. The average Bonchev–Trinajstić information content (AvgIpc) is 2.65. The summed E-state index contributed by atoms with van der Waals surface area (Å²) in [6.07, 6.45) is 4.26. The van der Waals surface area contributed by atoms with E-state index in [0.29, 0.717) is 32.5 Å². The topological polar surface area (TPSA) is 87.7 Å². The SMILES string of the molecule is COCCNC(=O)CN1CCCC[C@@H]1c1nc(C)c2c(n1)N(C)C(=O)CC2. The molecular weight excluding hydrogens is 346 g/mol. The number of fused-ring (bicyclic) bond motifs is 1. The van der Waals surface area contributed by atoms with Gasteiger partial charge in [-0.05, 0) is 32.7 Å². The number of hydrogen-bond acceptors (Lipinski definition) is 6. The molecule has 1 fully saturated rings. The Morgan fingerprint density at radius 1 is 1.30 bits per heavy atom. The first kappa shape index (κ1) is 19.7. The number of hydrogen-bond donors (Lipinski definition) is 1. The van der Waals surface area contributed by atoms with Crippen molar-refractivity contribution in [1.29, 1.82) is 0 Å². The zero-order valence-electron chi connectivity index (χ0n) is 16.5. The molecule has 148 valence electrons. The lowest BCUT2D eigenvalue weighted by atomic mass is 9.99. The molecule has 1 aromatic heterocycles. The number of carbonyl (C=O) groups is 2. The van der Waals surface area contributed by atoms with Crippen LogP contribution in [-0.4, -0.2) is 67.1 Å². The van der Waals surface area contributed by atoms with Gasteiger partial charge in [0.05, 0.1) is 19.2 Å². The lowest BCUT2D eigenvalue weighted by Gasteiger charge is -2.35. The van der Waals surface area contributed by atoms with E-state index in [9.17, 15) is 9.59 Å². The maximum absolute atomic E-state index is 12.3. The maximum Gasteiger partial charge on any atom is 0.234 e. The Morgan fingerprint density at radius 2 is 2.11 bits per heavy atom. The molecule has 2 aliphatic heterocycles. The number of ether oxygens (including phenoxy) is 1. The second kappa shape index (κ2) is 8.75. The van der Waals surface area contributed by atoms with E-state index in [1.165, 1.54) is 0 Å². The quantitative estimate of drug-likeness (QED) is 0.746. The number of rotatable bonds is 6. The van der Waals surface area contributed by atoms with Crippen molar-refractivity contribution in [2.24, 2.45) is 0 Å². The van der Waals surface area contributed by atoms with Gasteiger partial charge < -0.3 is 10.1 Å². The third kappa shape index (κ3) is 4.44. The van der Waals surface area contributed by atoms with Gasteiger partial charge in [-0.2, -0.15) is 0 Å². The smallest absolute Gasteiger partial charge is 0.234 e. The third-order valence-corrected chi connectivity index (χ3v) is 5.38. The van der Waals surface area contributed by atoms with E-state index in [1.54, 1.807) is 19.1 Å². The summed E-state index contributed by atoms with van der Waals surface area (Å²) < 4.78 is 4.98. The van der Waals surface area contributed by atoms with Crippen LogP contribution in [0, 0.1) is 6.92 Å². The number of piperidine rings is 1. The van der Waals surface area contributed by atoms with Crippen molar-refractivity contribution in [3.8, 4) is 0 Å². The zero-order valence-corrected chi connectivity index (χ0v) is 16.5. The van der Waals surface area contributed by atoms with Crippen LogP contribution < -0.4 is 10.2 Å². The van der Waals surface area contributed by atoms with Gasteiger partial charge in [0.1, 0.15) is 11.6 Å². The van der Waals surface area contributed by atoms with Crippen LogP contribution in [-0.2, 0) is 20.7 Å². The molecule has 0 saturated carbocycles. The Morgan fingerprint density at radius 3 is 2.89 bits per heavy atom. The summed E-state index contributed by atoms with van der Waals surface area (Å²) >= 11 is 0. The van der Waals surface area contributed by atoms with Crippen LogP contribution in [0.1, 0.15) is 48.8 Å². The summed E-state index contributed by atoms with van der Waals surface area (Å²) in [6.45, 7) is 4.16. The fourth-order valence-corrected chi connectivity index (χ4v) is 3.84. The summed E-state index contributed by atoms with van der Waals surface area (Å²) in [4.78, 5) is 37.7. The standard InChI is InChI=1S/C19H29N5O3/c1-13-14-7-8-17(26)23(2)19(14)22-18(21-13)15-6-4-5-10-24(15)12-16(25)20-9-11-27-3/h15H,4-12H2,1-3H3,(H,20,25)/t15-/m1/s1. The zero-order chi connectivity index (χ0) is 19.4. The van der Waals surface area contributed by atoms with Crippen molar-refractivity contribution >= 4 is 17.6 Å². The highest BCUT2D eigenvalue weighted by Crippen LogP contribution is 2.33. The number of aryl methyl sites for hydroxylation is 1. The summed E-state index contributed by atoms with van der Waals surface area (Å²) in [5.41, 5.74) is 1.99. The van der Waals surface area contributed by atoms with Crippen molar-refractivity contribution in [1.82, 2.24) is 20.2 Å². The van der Waals surface area contributed by atoms with E-state index >= 15 is 0 Å². The number of carbonyl (C=O) groups excluding carboxylic acids is 2. The van der Waals surface area contributed by atoms with Crippen LogP contribution in [0.3, 0.4) is 0 Å². The summed E-state index contributed by atoms with van der Waals surface area (Å²) in [5.74, 6) is 1.52. The molecule has 0 unspecified atom stereocenters. The predicted octanol–water partition coefficient (Wildman–Crippen LogP) is 0.984. The van der Waals surface area contributed by atoms with Crippen LogP contribution in [0.4, 0.5) is 5.82 Å². The molecule has 0 aliphatic carbocycles. The molecule has 0 spiro atoms. The molecule has 0 aromatic carbocycles. The van der Waals surface area contributed by atoms with Gasteiger partial charge in [0.2, 0.25) is 11.8 Å². The molecule has 3 rings (SSSR count). The Kier molecular flexibility index (Phi) is 6.38. The Balaban J connectivity index is 1.79. The molecule has 3 heterocycles. The van der Waals surface area contributed by atoms with Gasteiger partial charge in [-0.1, -0.05) is 6.42 Å². The van der Waals surface area contributed by atoms with Gasteiger partial charge in [0.25, 0.3) is 0 Å². The molecule has 1 N–H and O–H groups in total. The van der Waals surface area contributed by atoms with E-state index in [4.69, 9.17) is 14.7 Å². The van der Waals surface area contributed by atoms with Gasteiger partial charge in [-0.15, -0.1) is 0 Å². The molecule has 1 aromatic rings. The molecular formula is C19H29N5O3. The fraction of sp³-hybridized carbons (Fsp3) is 0.684. The normalized spacial score (nSPS) is 20.5. The number of nitrogens with one attached hydrogen (secondary N) is 1. The first-order valence-corrected chi connectivity index (χ1v) is 9.65. The van der Waals surface area contributed by atoms with Crippen LogP contribution in [0.15, 0.2) is 0 Å². The molecule has 0 radical (unpaired) electrons. The number of nitrogens with zero attached hydrogens (tertiary/aromatic N) is 4. The van der Waals surface area contributed by atoms with Gasteiger partial charge >= 0.3 is 0 Å². The van der Waals surface area contributed by atoms with Crippen molar-refractivity contribution in [3.63, 3.8) is 0 Å². The molecule has 27 heavy (non-hydrogen) atoms. The number of likely N-dealkylation sites (tertiary alicyclic amines) is 1. The Hall–Kier alpha value is -2.06. The third-order valence-electron chi connectivity index (χ3n) is 5.38. The minimum Gasteiger partial charge on any atom is -0.383 e. The summed E-state index contributed by atoms with van der Waals surface area (Å²) in [7, 11) is 3.39. The van der Waals surface area contributed by atoms with Gasteiger partial charge in [0.15, 0.2) is 0 Å². The number of methoxy groups -OCH3 is 1. The van der Waals surface area contributed by atoms with Crippen molar-refractivity contribution < 1.29 is 14.3 Å². The van der Waals surface area contributed by atoms with Crippen molar-refractivity contribution in [2.45, 2.75) is 45.1 Å². The molecule has 8 nitrogen and oxygen atoms in total. The van der Waals surface area contributed by atoms with E-state index in [2.05, 4.69) is 10.2 Å². The highest BCUT2D eigenvalue weighted by atomic mass is 16.5. The van der Waals surface area contributed by atoms with E-state index in [0.717, 1.165) is 48.7 Å². The number of anilines is 1. The van der Waals surface area contributed by atoms with Crippen LogP contribution in [0.25, 0.3) is 0 Å². The highest BCUT2D eigenvalue weighted by Gasteiger charge is 2.31. The summed E-state index contributed by atoms with van der Waals surface area (Å²) in [6, 6.07) is 0.00125. The lowest BCUT2D eigenvalue weighted by molar-refractivity contribution is -0.123. The summed E-state index contributed by atoms with van der Waals surface area (Å²) in [5, 5.41) is 2.88. The second-order valence-electron chi connectivity index (χ2n) is 7.25. The Labute approximate surface area is 160 Å².